The Kier molecular flexibility index (Phi) is 2.89. The topological polar surface area (TPSA) is 83.8 Å². The number of pyridine rings is 1. The molecule has 3 aromatic rings. The van der Waals surface area contributed by atoms with Gasteiger partial charge in [0.15, 0.2) is 5.69 Å². The summed E-state index contributed by atoms with van der Waals surface area (Å²) in [4.78, 5) is 19.5. The normalized spacial score (nSPS) is 11.0. The van der Waals surface area contributed by atoms with Gasteiger partial charge in [-0.05, 0) is 12.1 Å². The zero-order chi connectivity index (χ0) is 13.2. The number of aromatic nitrogens is 2. The van der Waals surface area contributed by atoms with Gasteiger partial charge in [-0.15, -0.1) is 0 Å². The number of amides is 1. The number of benzene rings is 1. The lowest BCUT2D eigenvalue weighted by atomic mass is 10.1. The molecule has 3 rings (SSSR count). The van der Waals surface area contributed by atoms with Crippen LogP contribution in [0.3, 0.4) is 0 Å². The van der Waals surface area contributed by atoms with E-state index in [4.69, 9.17) is 5.73 Å². The molecular weight excluding hydrogens is 240 g/mol. The maximum absolute atomic E-state index is 12.0. The standard InChI is InChI=1S/C14H14N4O/c15-6-8-17-14(19)13-12-10(5-7-16-13)9-3-1-2-4-11(9)18-12/h1-5,7,18H,6,8,15H2,(H,17,19). The second-order valence-electron chi connectivity index (χ2n) is 4.30. The van der Waals surface area contributed by atoms with Crippen LogP contribution in [-0.4, -0.2) is 29.0 Å². The molecule has 0 saturated carbocycles. The van der Waals surface area contributed by atoms with Crippen molar-refractivity contribution in [3.05, 3.63) is 42.2 Å². The highest BCUT2D eigenvalue weighted by molar-refractivity contribution is 6.13. The van der Waals surface area contributed by atoms with E-state index in [2.05, 4.69) is 15.3 Å². The van der Waals surface area contributed by atoms with Crippen LogP contribution in [0.5, 0.6) is 0 Å². The number of hydrogen-bond acceptors (Lipinski definition) is 3. The molecule has 0 fully saturated rings. The molecule has 19 heavy (non-hydrogen) atoms. The number of carbonyl (C=O) groups excluding carboxylic acids is 1. The molecule has 1 aromatic carbocycles. The lowest BCUT2D eigenvalue weighted by molar-refractivity contribution is 0.0951. The Hall–Kier alpha value is -2.40. The molecule has 0 radical (unpaired) electrons. The predicted molar refractivity (Wildman–Crippen MR) is 75.0 cm³/mol. The number of para-hydroxylation sites is 1. The van der Waals surface area contributed by atoms with Gasteiger partial charge in [0.05, 0.1) is 5.52 Å². The van der Waals surface area contributed by atoms with Gasteiger partial charge in [0, 0.05) is 35.6 Å². The molecule has 0 aliphatic rings. The van der Waals surface area contributed by atoms with Crippen molar-refractivity contribution in [3.8, 4) is 0 Å². The van der Waals surface area contributed by atoms with Crippen molar-refractivity contribution in [1.29, 1.82) is 0 Å². The molecule has 1 amide bonds. The fourth-order valence-corrected chi connectivity index (χ4v) is 2.22. The molecule has 96 valence electrons. The van der Waals surface area contributed by atoms with Crippen molar-refractivity contribution in [1.82, 2.24) is 15.3 Å². The van der Waals surface area contributed by atoms with Gasteiger partial charge < -0.3 is 16.0 Å². The number of fused-ring (bicyclic) bond motifs is 3. The predicted octanol–water partition coefficient (Wildman–Crippen LogP) is 1.40. The molecular formula is C14H14N4O. The van der Waals surface area contributed by atoms with E-state index in [1.807, 2.05) is 30.3 Å². The average Bonchev–Trinajstić information content (AvgIpc) is 2.83. The van der Waals surface area contributed by atoms with Crippen molar-refractivity contribution < 1.29 is 4.79 Å². The maximum Gasteiger partial charge on any atom is 0.272 e. The number of aromatic amines is 1. The first-order chi connectivity index (χ1) is 9.31. The molecule has 0 aliphatic carbocycles. The largest absolute Gasteiger partial charge is 0.353 e. The Labute approximate surface area is 109 Å². The minimum absolute atomic E-state index is 0.206. The number of nitrogens with one attached hydrogen (secondary N) is 2. The number of H-pyrrole nitrogens is 1. The van der Waals surface area contributed by atoms with Gasteiger partial charge in [-0.2, -0.15) is 0 Å². The third kappa shape index (κ3) is 1.94. The minimum atomic E-state index is -0.206. The first-order valence-corrected chi connectivity index (χ1v) is 6.15. The molecule has 0 aliphatic heterocycles. The van der Waals surface area contributed by atoms with Crippen LogP contribution in [0.25, 0.3) is 21.8 Å². The molecule has 2 heterocycles. The van der Waals surface area contributed by atoms with E-state index >= 15 is 0 Å². The van der Waals surface area contributed by atoms with Gasteiger partial charge in [-0.25, -0.2) is 4.98 Å². The molecule has 4 N–H and O–H groups in total. The van der Waals surface area contributed by atoms with Crippen LogP contribution in [0.4, 0.5) is 0 Å². The Bertz CT molecular complexity index is 747. The van der Waals surface area contributed by atoms with Gasteiger partial charge in [0.2, 0.25) is 0 Å². The summed E-state index contributed by atoms with van der Waals surface area (Å²) in [5.74, 6) is -0.206. The fraction of sp³-hybridized carbons (Fsp3) is 0.143. The van der Waals surface area contributed by atoms with E-state index in [0.29, 0.717) is 18.8 Å². The number of nitrogens with zero attached hydrogens (tertiary/aromatic N) is 1. The third-order valence-electron chi connectivity index (χ3n) is 3.07. The van der Waals surface area contributed by atoms with Gasteiger partial charge in [-0.3, -0.25) is 4.79 Å². The summed E-state index contributed by atoms with van der Waals surface area (Å²) >= 11 is 0. The Morgan fingerprint density at radius 3 is 2.95 bits per heavy atom. The Morgan fingerprint density at radius 2 is 2.11 bits per heavy atom. The van der Waals surface area contributed by atoms with Crippen molar-refractivity contribution in [2.24, 2.45) is 5.73 Å². The highest BCUT2D eigenvalue weighted by Gasteiger charge is 2.14. The van der Waals surface area contributed by atoms with Crippen molar-refractivity contribution >= 4 is 27.7 Å². The molecule has 0 saturated heterocycles. The SMILES string of the molecule is NCCNC(=O)c1nccc2c1[nH]c1ccccc12. The van der Waals surface area contributed by atoms with E-state index in [9.17, 15) is 4.79 Å². The van der Waals surface area contributed by atoms with Crippen LogP contribution < -0.4 is 11.1 Å². The lowest BCUT2D eigenvalue weighted by Gasteiger charge is -2.03. The molecule has 0 atom stereocenters. The second-order valence-corrected chi connectivity index (χ2v) is 4.30. The van der Waals surface area contributed by atoms with Crippen LogP contribution in [-0.2, 0) is 0 Å². The maximum atomic E-state index is 12.0. The number of nitrogens with two attached hydrogens (primary N) is 1. The van der Waals surface area contributed by atoms with Crippen molar-refractivity contribution in [3.63, 3.8) is 0 Å². The summed E-state index contributed by atoms with van der Waals surface area (Å²) in [6, 6.07) is 9.85. The van der Waals surface area contributed by atoms with Gasteiger partial charge in [-0.1, -0.05) is 18.2 Å². The first-order valence-electron chi connectivity index (χ1n) is 6.15. The highest BCUT2D eigenvalue weighted by atomic mass is 16.1. The minimum Gasteiger partial charge on any atom is -0.353 e. The first kappa shape index (κ1) is 11.7. The summed E-state index contributed by atoms with van der Waals surface area (Å²) < 4.78 is 0. The monoisotopic (exact) mass is 254 g/mol. The van der Waals surface area contributed by atoms with Crippen LogP contribution in [0.1, 0.15) is 10.5 Å². The van der Waals surface area contributed by atoms with Gasteiger partial charge >= 0.3 is 0 Å². The van der Waals surface area contributed by atoms with E-state index in [1.54, 1.807) is 6.20 Å². The Balaban J connectivity index is 2.18. The summed E-state index contributed by atoms with van der Waals surface area (Å²) in [6.07, 6.45) is 1.65. The number of hydrogen-bond donors (Lipinski definition) is 3. The van der Waals surface area contributed by atoms with Crippen molar-refractivity contribution in [2.45, 2.75) is 0 Å². The summed E-state index contributed by atoms with van der Waals surface area (Å²) in [7, 11) is 0. The average molecular weight is 254 g/mol. The zero-order valence-electron chi connectivity index (χ0n) is 10.3. The molecule has 2 aromatic heterocycles. The molecule has 0 unspecified atom stereocenters. The smallest absolute Gasteiger partial charge is 0.272 e. The fourth-order valence-electron chi connectivity index (χ4n) is 2.22. The van der Waals surface area contributed by atoms with E-state index in [0.717, 1.165) is 21.8 Å². The third-order valence-corrected chi connectivity index (χ3v) is 3.07. The lowest BCUT2D eigenvalue weighted by Crippen LogP contribution is -2.29. The van der Waals surface area contributed by atoms with Crippen molar-refractivity contribution in [2.75, 3.05) is 13.1 Å². The van der Waals surface area contributed by atoms with E-state index in [-0.39, 0.29) is 5.91 Å². The number of carbonyl (C=O) groups is 1. The number of rotatable bonds is 3. The van der Waals surface area contributed by atoms with Crippen LogP contribution in [0.15, 0.2) is 36.5 Å². The molecule has 5 nitrogen and oxygen atoms in total. The highest BCUT2D eigenvalue weighted by Crippen LogP contribution is 2.26. The zero-order valence-corrected chi connectivity index (χ0v) is 10.3. The van der Waals surface area contributed by atoms with Gasteiger partial charge in [0.1, 0.15) is 0 Å². The van der Waals surface area contributed by atoms with E-state index < -0.39 is 0 Å². The van der Waals surface area contributed by atoms with E-state index in [1.165, 1.54) is 0 Å². The van der Waals surface area contributed by atoms with Crippen LogP contribution in [0.2, 0.25) is 0 Å². The second kappa shape index (κ2) is 4.70. The summed E-state index contributed by atoms with van der Waals surface area (Å²) in [5.41, 5.74) is 7.55. The van der Waals surface area contributed by atoms with Crippen LogP contribution in [0, 0.1) is 0 Å². The molecule has 0 bridgehead atoms. The summed E-state index contributed by atoms with van der Waals surface area (Å²) in [6.45, 7) is 0.853. The molecule has 5 heteroatoms. The molecule has 0 spiro atoms. The van der Waals surface area contributed by atoms with Crippen LogP contribution >= 0.6 is 0 Å². The van der Waals surface area contributed by atoms with Gasteiger partial charge in [0.25, 0.3) is 5.91 Å². The quantitative estimate of drug-likeness (QED) is 0.660. The Morgan fingerprint density at radius 1 is 1.26 bits per heavy atom. The summed E-state index contributed by atoms with van der Waals surface area (Å²) in [5, 5.41) is 4.83.